The van der Waals surface area contributed by atoms with Crippen LogP contribution in [-0.2, 0) is 33.2 Å². The van der Waals surface area contributed by atoms with Gasteiger partial charge in [0.2, 0.25) is 5.91 Å². The molecular weight excluding hydrogens is 1140 g/mol. The predicted molar refractivity (Wildman–Crippen MR) is 346 cm³/mol. The molecule has 3 heterocycles. The van der Waals surface area contributed by atoms with Gasteiger partial charge in [-0.3, -0.25) is 4.79 Å². The molecule has 0 aromatic heterocycles. The van der Waals surface area contributed by atoms with Gasteiger partial charge in [-0.05, 0) is 77.0 Å². The molecule has 89 heavy (non-hydrogen) atoms. The molecule has 3 aliphatic heterocycles. The molecule has 0 spiro atoms. The summed E-state index contributed by atoms with van der Waals surface area (Å²) in [5.74, 6) is -0.298. The van der Waals surface area contributed by atoms with Crippen molar-refractivity contribution in [2.24, 2.45) is 0 Å². The number of aliphatic hydroxyl groups excluding tert-OH is 11. The third-order valence-corrected chi connectivity index (χ3v) is 17.3. The molecule has 17 unspecified atom stereocenters. The molecule has 0 radical (unpaired) electrons. The maximum absolute atomic E-state index is 13.4. The number of hydrogen-bond donors (Lipinski definition) is 12. The van der Waals surface area contributed by atoms with Gasteiger partial charge < -0.3 is 89.9 Å². The second-order valence-corrected chi connectivity index (χ2v) is 25.0. The summed E-state index contributed by atoms with van der Waals surface area (Å²) in [6.45, 7) is 1.68. The Balaban J connectivity index is 1.45. The molecule has 1 amide bonds. The Morgan fingerprint density at radius 3 is 1.21 bits per heavy atom. The lowest BCUT2D eigenvalue weighted by Crippen LogP contribution is -2.66. The van der Waals surface area contributed by atoms with Crippen molar-refractivity contribution in [2.45, 2.75) is 349 Å². The van der Waals surface area contributed by atoms with E-state index < -0.39 is 124 Å². The zero-order valence-corrected chi connectivity index (χ0v) is 54.6. The highest BCUT2D eigenvalue weighted by molar-refractivity contribution is 5.76. The number of aliphatic hydroxyl groups is 11. The lowest BCUT2D eigenvalue weighted by atomic mass is 9.96. The summed E-state index contributed by atoms with van der Waals surface area (Å²) in [7, 11) is 0. The van der Waals surface area contributed by atoms with Crippen LogP contribution < -0.4 is 5.32 Å². The molecule has 3 aliphatic rings. The summed E-state index contributed by atoms with van der Waals surface area (Å²) in [6.07, 6.45) is 36.3. The van der Waals surface area contributed by atoms with Crippen molar-refractivity contribution in [3.63, 3.8) is 0 Å². The fourth-order valence-corrected chi connectivity index (χ4v) is 11.5. The number of carbonyl (C=O) groups excluding carboxylic acids is 1. The van der Waals surface area contributed by atoms with Gasteiger partial charge in [-0.1, -0.05) is 222 Å². The standard InChI is InChI=1S/C70H125NO18/c1-3-5-7-9-11-13-15-17-19-21-22-23-24-25-26-27-28-29-30-32-33-35-37-39-41-43-45-47-54(75)53(71-58(76)48-46-44-42-40-38-36-34-31-20-18-16-14-12-10-8-6-4-2)52-84-68-64(82)61(79)66(56(50-73)86-68)89-70-65(83)62(80)67(57(51-74)87-70)88-69-63(81)60(78)59(77)55(49-72)85-69/h12,14,18,20,30,32,37,39,45,47,53-57,59-70,72-75,77-83H,3-11,13,15-17,19,21-29,31,33-36,38,40-44,46,48-52H2,1-2H3,(H,71,76)/b14-12-,20-18-,32-30+,39-37+,47-45+. The number of carbonyl (C=O) groups is 1. The Bertz CT molecular complexity index is 1850. The third-order valence-electron chi connectivity index (χ3n) is 17.3. The van der Waals surface area contributed by atoms with Crippen LogP contribution in [0.15, 0.2) is 60.8 Å². The number of rotatable bonds is 53. The van der Waals surface area contributed by atoms with Gasteiger partial charge in [0.25, 0.3) is 0 Å². The minimum absolute atomic E-state index is 0.221. The Labute approximate surface area is 535 Å². The molecule has 3 rings (SSSR count). The average molecular weight is 1270 g/mol. The van der Waals surface area contributed by atoms with Crippen molar-refractivity contribution >= 4 is 5.91 Å². The van der Waals surface area contributed by atoms with Crippen LogP contribution in [0.2, 0.25) is 0 Å². The van der Waals surface area contributed by atoms with Crippen molar-refractivity contribution in [2.75, 3.05) is 26.4 Å². The van der Waals surface area contributed by atoms with Crippen molar-refractivity contribution < 1.29 is 89.4 Å². The topological polar surface area (TPSA) is 307 Å². The second kappa shape index (κ2) is 51.8. The number of hydrogen-bond acceptors (Lipinski definition) is 18. The van der Waals surface area contributed by atoms with E-state index in [0.717, 1.165) is 83.5 Å². The number of amides is 1. The first-order valence-corrected chi connectivity index (χ1v) is 35.0. The maximum Gasteiger partial charge on any atom is 0.220 e. The van der Waals surface area contributed by atoms with Gasteiger partial charge in [-0.2, -0.15) is 0 Å². The monoisotopic (exact) mass is 1270 g/mol. The van der Waals surface area contributed by atoms with Gasteiger partial charge in [-0.15, -0.1) is 0 Å². The van der Waals surface area contributed by atoms with Crippen LogP contribution in [0.5, 0.6) is 0 Å². The van der Waals surface area contributed by atoms with Gasteiger partial charge in [0.15, 0.2) is 18.9 Å². The summed E-state index contributed by atoms with van der Waals surface area (Å²) in [5.41, 5.74) is 0. The molecule has 0 aromatic rings. The van der Waals surface area contributed by atoms with Crippen molar-refractivity contribution in [1.82, 2.24) is 5.32 Å². The number of nitrogens with one attached hydrogen (secondary N) is 1. The molecule has 12 N–H and O–H groups in total. The van der Waals surface area contributed by atoms with Gasteiger partial charge in [0, 0.05) is 6.42 Å². The Kier molecular flexibility index (Phi) is 47.0. The smallest absolute Gasteiger partial charge is 0.220 e. The molecule has 19 nitrogen and oxygen atoms in total. The molecule has 3 saturated heterocycles. The highest BCUT2D eigenvalue weighted by atomic mass is 16.8. The summed E-state index contributed by atoms with van der Waals surface area (Å²) >= 11 is 0. The number of ether oxygens (including phenoxy) is 6. The van der Waals surface area contributed by atoms with Crippen LogP contribution in [0.1, 0.15) is 245 Å². The Morgan fingerprint density at radius 1 is 0.404 bits per heavy atom. The van der Waals surface area contributed by atoms with Crippen molar-refractivity contribution in [1.29, 1.82) is 0 Å². The molecule has 518 valence electrons. The SMILES string of the molecule is CCCCC/C=C\C/C=C\CCCCCCCCCC(=O)NC(COC1OC(CO)C(OC2OC(CO)C(OC3OC(CO)C(O)C(O)C3O)C(O)C2O)C(O)C1O)C(O)/C=C/CC/C=C/CC/C=C/CCCCCCCCCCCCCCCCCCC. The Hall–Kier alpha value is -2.51. The summed E-state index contributed by atoms with van der Waals surface area (Å²) in [4.78, 5) is 13.4. The average Bonchev–Trinajstić information content (AvgIpc) is 2.22. The van der Waals surface area contributed by atoms with E-state index in [1.54, 1.807) is 6.08 Å². The van der Waals surface area contributed by atoms with E-state index in [4.69, 9.17) is 28.4 Å². The molecule has 0 aliphatic carbocycles. The van der Waals surface area contributed by atoms with E-state index in [9.17, 15) is 61.0 Å². The molecule has 0 bridgehead atoms. The minimum atomic E-state index is -1.99. The van der Waals surface area contributed by atoms with E-state index in [1.165, 1.54) is 128 Å². The summed E-state index contributed by atoms with van der Waals surface area (Å²) in [5, 5.41) is 120. The first kappa shape index (κ1) is 80.7. The van der Waals surface area contributed by atoms with Crippen LogP contribution in [0.3, 0.4) is 0 Å². The van der Waals surface area contributed by atoms with Gasteiger partial charge in [0.05, 0.1) is 38.6 Å². The fraction of sp³-hybridized carbons (Fsp3) is 0.843. The van der Waals surface area contributed by atoms with Crippen molar-refractivity contribution in [3.05, 3.63) is 60.8 Å². The van der Waals surface area contributed by atoms with Crippen LogP contribution in [-0.4, -0.2) is 193 Å². The predicted octanol–water partition coefficient (Wildman–Crippen LogP) is 9.16. The van der Waals surface area contributed by atoms with Crippen LogP contribution in [0.25, 0.3) is 0 Å². The second-order valence-electron chi connectivity index (χ2n) is 25.0. The van der Waals surface area contributed by atoms with E-state index in [1.807, 2.05) is 6.08 Å². The largest absolute Gasteiger partial charge is 0.394 e. The highest BCUT2D eigenvalue weighted by Gasteiger charge is 2.53. The lowest BCUT2D eigenvalue weighted by molar-refractivity contribution is -0.379. The molecule has 19 heteroatoms. The van der Waals surface area contributed by atoms with E-state index >= 15 is 0 Å². The lowest BCUT2D eigenvalue weighted by Gasteiger charge is -2.48. The fourth-order valence-electron chi connectivity index (χ4n) is 11.5. The molecule has 17 atom stereocenters. The molecule has 0 saturated carbocycles. The van der Waals surface area contributed by atoms with Gasteiger partial charge >= 0.3 is 0 Å². The quantitative estimate of drug-likeness (QED) is 0.0199. The highest BCUT2D eigenvalue weighted by Crippen LogP contribution is 2.33. The molecule has 3 fully saturated rings. The van der Waals surface area contributed by atoms with Gasteiger partial charge in [0.1, 0.15) is 73.2 Å². The van der Waals surface area contributed by atoms with Gasteiger partial charge in [-0.25, -0.2) is 0 Å². The van der Waals surface area contributed by atoms with Crippen molar-refractivity contribution in [3.8, 4) is 0 Å². The Morgan fingerprint density at radius 2 is 0.753 bits per heavy atom. The van der Waals surface area contributed by atoms with E-state index in [0.29, 0.717) is 12.8 Å². The summed E-state index contributed by atoms with van der Waals surface area (Å²) in [6, 6.07) is -1.00. The van der Waals surface area contributed by atoms with Crippen LogP contribution in [0, 0.1) is 0 Å². The van der Waals surface area contributed by atoms with E-state index in [-0.39, 0.29) is 18.9 Å². The molecule has 0 aromatic carbocycles. The normalized spacial score (nSPS) is 28.6. The van der Waals surface area contributed by atoms with Crippen LogP contribution in [0.4, 0.5) is 0 Å². The summed E-state index contributed by atoms with van der Waals surface area (Å²) < 4.78 is 34.3. The zero-order valence-electron chi connectivity index (χ0n) is 54.6. The molecular formula is C70H125NO18. The first-order valence-electron chi connectivity index (χ1n) is 35.0. The number of allylic oxidation sites excluding steroid dienone is 9. The third kappa shape index (κ3) is 33.9. The van der Waals surface area contributed by atoms with Crippen LogP contribution >= 0.6 is 0 Å². The maximum atomic E-state index is 13.4. The minimum Gasteiger partial charge on any atom is -0.394 e. The van der Waals surface area contributed by atoms with E-state index in [2.05, 4.69) is 67.8 Å². The first-order chi connectivity index (χ1) is 43.3. The zero-order chi connectivity index (χ0) is 64.7. The number of unbranched alkanes of at least 4 members (excludes halogenated alkanes) is 29.